The molecule has 0 N–H and O–H groups in total. The summed E-state index contributed by atoms with van der Waals surface area (Å²) in [6.45, 7) is 0. The zero-order chi connectivity index (χ0) is 11.4. The number of hydrogen-bond donors (Lipinski definition) is 0. The zero-order valence-corrected chi connectivity index (χ0v) is 10.1. The second-order valence-corrected chi connectivity index (χ2v) is 4.94. The molecule has 2 heteroatoms. The molecule has 0 spiro atoms. The van der Waals surface area contributed by atoms with Crippen molar-refractivity contribution in [1.82, 2.24) is 0 Å². The number of rotatable bonds is 1. The first-order chi connectivity index (χ1) is 7.81. The van der Waals surface area contributed by atoms with E-state index in [1.165, 1.54) is 44.1 Å². The highest BCUT2D eigenvalue weighted by Crippen LogP contribution is 2.35. The van der Waals surface area contributed by atoms with Gasteiger partial charge in [-0.2, -0.15) is 5.26 Å². The van der Waals surface area contributed by atoms with Crippen molar-refractivity contribution in [3.63, 3.8) is 0 Å². The van der Waals surface area contributed by atoms with Gasteiger partial charge in [0.1, 0.15) is 0 Å². The Morgan fingerprint density at radius 3 is 2.38 bits per heavy atom. The van der Waals surface area contributed by atoms with Gasteiger partial charge in [-0.05, 0) is 36.5 Å². The second-order valence-electron chi connectivity index (χ2n) is 4.54. The van der Waals surface area contributed by atoms with Crippen LogP contribution in [0, 0.1) is 11.3 Å². The van der Waals surface area contributed by atoms with E-state index in [-0.39, 0.29) is 0 Å². The first kappa shape index (κ1) is 11.5. The van der Waals surface area contributed by atoms with E-state index in [4.69, 9.17) is 16.9 Å². The molecule has 16 heavy (non-hydrogen) atoms. The van der Waals surface area contributed by atoms with Crippen molar-refractivity contribution >= 4 is 11.6 Å². The standard InChI is InChI=1S/C14H16ClN/c15-14-9-11(10-16)7-8-13(14)12-5-3-1-2-4-6-12/h7-9,12H,1-6H2. The smallest absolute Gasteiger partial charge is 0.0992 e. The topological polar surface area (TPSA) is 23.8 Å². The van der Waals surface area contributed by atoms with Gasteiger partial charge in [-0.25, -0.2) is 0 Å². The van der Waals surface area contributed by atoms with E-state index in [1.807, 2.05) is 12.1 Å². The normalized spacial score (nSPS) is 17.8. The van der Waals surface area contributed by atoms with Crippen molar-refractivity contribution in [3.8, 4) is 6.07 Å². The zero-order valence-electron chi connectivity index (χ0n) is 9.38. The average Bonchev–Trinajstić information content (AvgIpc) is 2.57. The van der Waals surface area contributed by atoms with Crippen molar-refractivity contribution < 1.29 is 0 Å². The van der Waals surface area contributed by atoms with Gasteiger partial charge in [0, 0.05) is 5.02 Å². The molecule has 1 aliphatic rings. The molecule has 0 atom stereocenters. The van der Waals surface area contributed by atoms with Gasteiger partial charge >= 0.3 is 0 Å². The minimum absolute atomic E-state index is 0.600. The quantitative estimate of drug-likeness (QED) is 0.648. The number of nitriles is 1. The number of benzene rings is 1. The Kier molecular flexibility index (Phi) is 3.85. The fraction of sp³-hybridized carbons (Fsp3) is 0.500. The number of hydrogen-bond acceptors (Lipinski definition) is 1. The molecule has 0 saturated heterocycles. The van der Waals surface area contributed by atoms with Crippen LogP contribution in [-0.4, -0.2) is 0 Å². The Hall–Kier alpha value is -1.00. The molecule has 1 aromatic rings. The second kappa shape index (κ2) is 5.37. The molecule has 0 unspecified atom stereocenters. The molecular weight excluding hydrogens is 218 g/mol. The van der Waals surface area contributed by atoms with Crippen molar-refractivity contribution in [1.29, 1.82) is 5.26 Å². The summed E-state index contributed by atoms with van der Waals surface area (Å²) < 4.78 is 0. The molecule has 1 aliphatic carbocycles. The largest absolute Gasteiger partial charge is 0.192 e. The highest BCUT2D eigenvalue weighted by Gasteiger charge is 2.16. The van der Waals surface area contributed by atoms with Crippen LogP contribution in [0.5, 0.6) is 0 Å². The summed E-state index contributed by atoms with van der Waals surface area (Å²) in [4.78, 5) is 0. The van der Waals surface area contributed by atoms with E-state index in [1.54, 1.807) is 6.07 Å². The highest BCUT2D eigenvalue weighted by molar-refractivity contribution is 6.31. The SMILES string of the molecule is N#Cc1ccc(C2CCCCCC2)c(Cl)c1. The van der Waals surface area contributed by atoms with Gasteiger partial charge in [-0.3, -0.25) is 0 Å². The molecule has 84 valence electrons. The lowest BCUT2D eigenvalue weighted by molar-refractivity contribution is 0.592. The predicted molar refractivity (Wildman–Crippen MR) is 66.6 cm³/mol. The lowest BCUT2D eigenvalue weighted by atomic mass is 9.91. The van der Waals surface area contributed by atoms with E-state index in [0.29, 0.717) is 11.5 Å². The van der Waals surface area contributed by atoms with Crippen LogP contribution >= 0.6 is 11.6 Å². The maximum atomic E-state index is 8.80. The van der Waals surface area contributed by atoms with Gasteiger partial charge in [0.15, 0.2) is 0 Å². The summed E-state index contributed by atoms with van der Waals surface area (Å²) >= 11 is 6.24. The van der Waals surface area contributed by atoms with E-state index in [0.717, 1.165) is 5.02 Å². The van der Waals surface area contributed by atoms with E-state index < -0.39 is 0 Å². The van der Waals surface area contributed by atoms with Crippen LogP contribution in [0.3, 0.4) is 0 Å². The van der Waals surface area contributed by atoms with Crippen LogP contribution in [0.25, 0.3) is 0 Å². The first-order valence-electron chi connectivity index (χ1n) is 6.01. The van der Waals surface area contributed by atoms with Crippen LogP contribution < -0.4 is 0 Å². The maximum absolute atomic E-state index is 8.80. The average molecular weight is 234 g/mol. The molecule has 2 rings (SSSR count). The van der Waals surface area contributed by atoms with E-state index in [2.05, 4.69) is 6.07 Å². The van der Waals surface area contributed by atoms with Crippen LogP contribution in [0.4, 0.5) is 0 Å². The molecule has 0 aromatic heterocycles. The molecule has 1 fully saturated rings. The van der Waals surface area contributed by atoms with Crippen molar-refractivity contribution in [2.45, 2.75) is 44.4 Å². The molecule has 0 amide bonds. The summed E-state index contributed by atoms with van der Waals surface area (Å²) in [6.07, 6.45) is 7.80. The van der Waals surface area contributed by atoms with Gasteiger partial charge < -0.3 is 0 Å². The molecule has 1 nitrogen and oxygen atoms in total. The van der Waals surface area contributed by atoms with Gasteiger partial charge in [0.2, 0.25) is 0 Å². The molecule has 1 aromatic carbocycles. The Morgan fingerprint density at radius 2 is 1.81 bits per heavy atom. The summed E-state index contributed by atoms with van der Waals surface area (Å²) in [5, 5.41) is 9.57. The molecule has 1 saturated carbocycles. The van der Waals surface area contributed by atoms with Gasteiger partial charge in [0.25, 0.3) is 0 Å². The van der Waals surface area contributed by atoms with Gasteiger partial charge in [0.05, 0.1) is 11.6 Å². The summed E-state index contributed by atoms with van der Waals surface area (Å²) in [7, 11) is 0. The van der Waals surface area contributed by atoms with Crippen LogP contribution in [0.2, 0.25) is 5.02 Å². The third kappa shape index (κ3) is 2.57. The summed E-state index contributed by atoms with van der Waals surface area (Å²) in [6, 6.07) is 7.84. The van der Waals surface area contributed by atoms with Gasteiger partial charge in [-0.1, -0.05) is 43.4 Å². The summed E-state index contributed by atoms with van der Waals surface area (Å²) in [5.41, 5.74) is 1.89. The van der Waals surface area contributed by atoms with Crippen molar-refractivity contribution in [2.24, 2.45) is 0 Å². The van der Waals surface area contributed by atoms with Crippen molar-refractivity contribution in [3.05, 3.63) is 34.3 Å². The van der Waals surface area contributed by atoms with Crippen molar-refractivity contribution in [2.75, 3.05) is 0 Å². The van der Waals surface area contributed by atoms with Crippen LogP contribution in [0.15, 0.2) is 18.2 Å². The monoisotopic (exact) mass is 233 g/mol. The Balaban J connectivity index is 2.22. The first-order valence-corrected chi connectivity index (χ1v) is 6.38. The number of halogens is 1. The summed E-state index contributed by atoms with van der Waals surface area (Å²) in [5.74, 6) is 0.600. The van der Waals surface area contributed by atoms with E-state index in [9.17, 15) is 0 Å². The fourth-order valence-corrected chi connectivity index (χ4v) is 2.85. The van der Waals surface area contributed by atoms with Crippen LogP contribution in [-0.2, 0) is 0 Å². The van der Waals surface area contributed by atoms with E-state index >= 15 is 0 Å². The Morgan fingerprint density at radius 1 is 1.12 bits per heavy atom. The minimum atomic E-state index is 0.600. The fourth-order valence-electron chi connectivity index (χ4n) is 2.52. The minimum Gasteiger partial charge on any atom is -0.192 e. The Labute approximate surface area is 102 Å². The molecule has 0 bridgehead atoms. The maximum Gasteiger partial charge on any atom is 0.0992 e. The van der Waals surface area contributed by atoms with Gasteiger partial charge in [-0.15, -0.1) is 0 Å². The molecule has 0 radical (unpaired) electrons. The lowest BCUT2D eigenvalue weighted by Crippen LogP contribution is -1.98. The third-order valence-electron chi connectivity index (χ3n) is 3.42. The molecule has 0 aliphatic heterocycles. The lowest BCUT2D eigenvalue weighted by Gasteiger charge is -2.16. The molecule has 0 heterocycles. The number of nitrogens with zero attached hydrogens (tertiary/aromatic N) is 1. The van der Waals surface area contributed by atoms with Crippen LogP contribution in [0.1, 0.15) is 55.6 Å². The Bertz CT molecular complexity index is 398. The molecular formula is C14H16ClN. The third-order valence-corrected chi connectivity index (χ3v) is 3.75. The highest BCUT2D eigenvalue weighted by atomic mass is 35.5. The predicted octanol–water partition coefficient (Wildman–Crippen LogP) is 4.65.